The first-order valence-electron chi connectivity index (χ1n) is 8.01. The first-order valence-corrected chi connectivity index (χ1v) is 9.71. The van der Waals surface area contributed by atoms with E-state index in [9.17, 15) is 19.2 Å². The Kier molecular flexibility index (Phi) is 4.31. The summed E-state index contributed by atoms with van der Waals surface area (Å²) in [5.41, 5.74) is 0.765. The Labute approximate surface area is 161 Å². The van der Waals surface area contributed by atoms with Crippen LogP contribution in [-0.2, 0) is 14.4 Å². The number of thiazole rings is 1. The van der Waals surface area contributed by atoms with Gasteiger partial charge in [-0.2, -0.15) is 0 Å². The molecule has 1 saturated heterocycles. The van der Waals surface area contributed by atoms with Gasteiger partial charge in [-0.1, -0.05) is 35.2 Å². The summed E-state index contributed by atoms with van der Waals surface area (Å²) in [5, 5.41) is 8.84. The van der Waals surface area contributed by atoms with Gasteiger partial charge in [-0.3, -0.25) is 24.1 Å². The van der Waals surface area contributed by atoms with Gasteiger partial charge in [0.15, 0.2) is 0 Å². The Morgan fingerprint density at radius 1 is 1.22 bits per heavy atom. The van der Waals surface area contributed by atoms with Gasteiger partial charge < -0.3 is 14.8 Å². The zero-order chi connectivity index (χ0) is 19.3. The molecule has 27 heavy (non-hydrogen) atoms. The van der Waals surface area contributed by atoms with Gasteiger partial charge in [0.2, 0.25) is 11.8 Å². The van der Waals surface area contributed by atoms with E-state index in [0.29, 0.717) is 15.7 Å². The lowest BCUT2D eigenvalue weighted by molar-refractivity contribution is -0.149. The molecule has 0 radical (unpaired) electrons. The molecule has 2 N–H and O–H groups in total. The third-order valence-corrected chi connectivity index (χ3v) is 7.08. The van der Waals surface area contributed by atoms with Gasteiger partial charge in [0.05, 0.1) is 18.1 Å². The molecule has 2 aromatic rings. The second-order valence-electron chi connectivity index (χ2n) is 6.18. The summed E-state index contributed by atoms with van der Waals surface area (Å²) in [4.78, 5) is 52.6. The third kappa shape index (κ3) is 2.85. The number of H-pyrrole nitrogens is 1. The average molecular weight is 406 g/mol. The van der Waals surface area contributed by atoms with E-state index in [1.54, 1.807) is 31.4 Å². The molecule has 8 nitrogen and oxygen atoms in total. The van der Waals surface area contributed by atoms with E-state index in [1.807, 2.05) is 0 Å². The van der Waals surface area contributed by atoms with E-state index in [4.69, 9.17) is 9.84 Å². The van der Waals surface area contributed by atoms with Gasteiger partial charge in [-0.15, -0.1) is 0 Å². The number of imide groups is 1. The summed E-state index contributed by atoms with van der Waals surface area (Å²) in [6, 6.07) is 7.08. The number of thioether (sulfide) groups is 1. The molecule has 0 unspecified atom stereocenters. The smallest absolute Gasteiger partial charge is 0.323 e. The van der Waals surface area contributed by atoms with Crippen LogP contribution in [0.4, 0.5) is 0 Å². The molecule has 0 bridgehead atoms. The number of aromatic amines is 1. The molecule has 3 atom stereocenters. The van der Waals surface area contributed by atoms with Crippen LogP contribution in [0.25, 0.3) is 0 Å². The monoisotopic (exact) mass is 406 g/mol. The lowest BCUT2D eigenvalue weighted by Crippen LogP contribution is -2.36. The standard InChI is InChI=1S/C17H14N2O6S2/c1-25-8-4-2-7(3-5-8)10-11-13(26-14-12(10)27-17(24)18-14)16(23)19(15(11)22)6-9(20)21/h2-5,10-11,13H,6H2,1H3,(H,18,24)(H,20,21)/t10-,11-,13-/m0/s1. The highest BCUT2D eigenvalue weighted by Crippen LogP contribution is 2.52. The number of carbonyl (C=O) groups excluding carboxylic acids is 2. The number of carboxylic acid groups (broad SMARTS) is 1. The van der Waals surface area contributed by atoms with Crippen LogP contribution in [0.15, 0.2) is 34.1 Å². The van der Waals surface area contributed by atoms with Gasteiger partial charge in [-0.25, -0.2) is 0 Å². The molecule has 1 fully saturated rings. The van der Waals surface area contributed by atoms with Crippen LogP contribution in [0.5, 0.6) is 5.75 Å². The first-order chi connectivity index (χ1) is 12.9. The minimum absolute atomic E-state index is 0.256. The second-order valence-corrected chi connectivity index (χ2v) is 8.35. The molecule has 0 saturated carbocycles. The summed E-state index contributed by atoms with van der Waals surface area (Å²) in [5.74, 6) is -2.92. The van der Waals surface area contributed by atoms with Gasteiger partial charge in [0.25, 0.3) is 0 Å². The lowest BCUT2D eigenvalue weighted by Gasteiger charge is -2.29. The fourth-order valence-electron chi connectivity index (χ4n) is 3.54. The van der Waals surface area contributed by atoms with Crippen LogP contribution in [-0.4, -0.2) is 51.7 Å². The van der Waals surface area contributed by atoms with Gasteiger partial charge in [-0.05, 0) is 17.7 Å². The summed E-state index contributed by atoms with van der Waals surface area (Å²) in [6.45, 7) is -0.662. The Bertz CT molecular complexity index is 996. The zero-order valence-electron chi connectivity index (χ0n) is 14.0. The van der Waals surface area contributed by atoms with Crippen molar-refractivity contribution >= 4 is 40.9 Å². The number of likely N-dealkylation sites (tertiary alicyclic amines) is 1. The predicted molar refractivity (Wildman–Crippen MR) is 97.3 cm³/mol. The number of nitrogens with one attached hydrogen (secondary N) is 1. The number of carbonyl (C=O) groups is 3. The van der Waals surface area contributed by atoms with E-state index < -0.39 is 41.4 Å². The average Bonchev–Trinajstić information content (AvgIpc) is 3.12. The summed E-state index contributed by atoms with van der Waals surface area (Å²) in [7, 11) is 1.54. The zero-order valence-corrected chi connectivity index (χ0v) is 15.6. The molecular weight excluding hydrogens is 392 g/mol. The minimum Gasteiger partial charge on any atom is -0.497 e. The van der Waals surface area contributed by atoms with Crippen molar-refractivity contribution in [3.05, 3.63) is 44.4 Å². The van der Waals surface area contributed by atoms with Crippen LogP contribution >= 0.6 is 23.1 Å². The molecule has 1 aromatic carbocycles. The quantitative estimate of drug-likeness (QED) is 0.731. The number of aliphatic carboxylic acids is 1. The maximum Gasteiger partial charge on any atom is 0.323 e. The lowest BCUT2D eigenvalue weighted by atomic mass is 9.83. The van der Waals surface area contributed by atoms with Crippen LogP contribution in [0.2, 0.25) is 0 Å². The number of methoxy groups -OCH3 is 1. The van der Waals surface area contributed by atoms with Crippen molar-refractivity contribution in [1.82, 2.24) is 9.88 Å². The molecule has 4 rings (SSSR count). The number of aromatic nitrogens is 1. The van der Waals surface area contributed by atoms with E-state index in [2.05, 4.69) is 4.98 Å². The Balaban J connectivity index is 1.83. The van der Waals surface area contributed by atoms with Gasteiger partial charge in [0.1, 0.15) is 17.5 Å². The largest absolute Gasteiger partial charge is 0.497 e. The van der Waals surface area contributed by atoms with E-state index >= 15 is 0 Å². The number of amides is 2. The fraction of sp³-hybridized carbons (Fsp3) is 0.294. The van der Waals surface area contributed by atoms with E-state index in [1.165, 1.54) is 0 Å². The maximum atomic E-state index is 12.9. The van der Waals surface area contributed by atoms with Crippen LogP contribution < -0.4 is 9.61 Å². The van der Waals surface area contributed by atoms with Crippen molar-refractivity contribution in [3.8, 4) is 5.75 Å². The van der Waals surface area contributed by atoms with Crippen molar-refractivity contribution < 1.29 is 24.2 Å². The number of fused-ring (bicyclic) bond motifs is 2. The van der Waals surface area contributed by atoms with Crippen LogP contribution in [0.1, 0.15) is 16.4 Å². The summed E-state index contributed by atoms with van der Waals surface area (Å²) < 4.78 is 5.16. The maximum absolute atomic E-state index is 12.9. The number of ether oxygens (including phenoxy) is 1. The molecule has 2 amide bonds. The van der Waals surface area contributed by atoms with Crippen LogP contribution in [0.3, 0.4) is 0 Å². The molecule has 1 aromatic heterocycles. The highest BCUT2D eigenvalue weighted by atomic mass is 32.2. The number of nitrogens with zero attached hydrogens (tertiary/aromatic N) is 1. The predicted octanol–water partition coefficient (Wildman–Crippen LogP) is 1.12. The third-order valence-electron chi connectivity index (χ3n) is 4.68. The SMILES string of the molecule is COc1ccc([C@@H]2c3sc(=O)[nH]c3S[C@@H]3C(=O)N(CC(=O)O)C(=O)[C@@H]23)cc1. The van der Waals surface area contributed by atoms with E-state index in [-0.39, 0.29) is 4.87 Å². The topological polar surface area (TPSA) is 117 Å². The Morgan fingerprint density at radius 2 is 1.93 bits per heavy atom. The van der Waals surface area contributed by atoms with Crippen molar-refractivity contribution in [2.24, 2.45) is 5.92 Å². The molecule has 140 valence electrons. The fourth-order valence-corrected chi connectivity index (χ4v) is 6.07. The Morgan fingerprint density at radius 3 is 2.56 bits per heavy atom. The summed E-state index contributed by atoms with van der Waals surface area (Å²) in [6.07, 6.45) is 0. The number of hydrogen-bond acceptors (Lipinski definition) is 7. The number of rotatable bonds is 4. The molecule has 3 heterocycles. The van der Waals surface area contributed by atoms with Crippen molar-refractivity contribution in [1.29, 1.82) is 0 Å². The number of hydrogen-bond donors (Lipinski definition) is 2. The highest BCUT2D eigenvalue weighted by molar-refractivity contribution is 8.00. The van der Waals surface area contributed by atoms with Gasteiger partial charge in [0, 0.05) is 10.8 Å². The molecule has 0 spiro atoms. The van der Waals surface area contributed by atoms with Crippen molar-refractivity contribution in [2.75, 3.05) is 13.7 Å². The molecule has 0 aliphatic carbocycles. The van der Waals surface area contributed by atoms with Gasteiger partial charge >= 0.3 is 10.8 Å². The van der Waals surface area contributed by atoms with E-state index in [0.717, 1.165) is 33.6 Å². The Hall–Kier alpha value is -2.59. The van der Waals surface area contributed by atoms with Crippen LogP contribution in [0, 0.1) is 5.92 Å². The van der Waals surface area contributed by atoms with Crippen molar-refractivity contribution in [3.63, 3.8) is 0 Å². The van der Waals surface area contributed by atoms with Crippen molar-refractivity contribution in [2.45, 2.75) is 16.2 Å². The molecular formula is C17H14N2O6S2. The normalized spacial score (nSPS) is 23.9. The molecule has 10 heteroatoms. The number of benzene rings is 1. The first kappa shape index (κ1) is 17.8. The second kappa shape index (κ2) is 6.54. The summed E-state index contributed by atoms with van der Waals surface area (Å²) >= 11 is 2.13. The molecule has 2 aliphatic rings. The number of carboxylic acids is 1. The highest BCUT2D eigenvalue weighted by Gasteiger charge is 2.56. The molecule has 2 aliphatic heterocycles. The minimum atomic E-state index is -1.25.